The van der Waals surface area contributed by atoms with E-state index in [1.807, 2.05) is 18.7 Å². The SMILES string of the molecule is C#CCNC1(C(=O)OCC)CCSCC1. The number of rotatable bonds is 4. The third kappa shape index (κ3) is 3.15. The van der Waals surface area contributed by atoms with Crippen molar-refractivity contribution in [3.63, 3.8) is 0 Å². The molecule has 0 amide bonds. The van der Waals surface area contributed by atoms with Crippen LogP contribution in [0.15, 0.2) is 0 Å². The summed E-state index contributed by atoms with van der Waals surface area (Å²) in [5.74, 6) is 4.32. The fourth-order valence-corrected chi connectivity index (χ4v) is 2.85. The molecule has 0 aliphatic carbocycles. The van der Waals surface area contributed by atoms with Gasteiger partial charge in [0, 0.05) is 0 Å². The van der Waals surface area contributed by atoms with Crippen LogP contribution in [0.25, 0.3) is 0 Å². The largest absolute Gasteiger partial charge is 0.465 e. The van der Waals surface area contributed by atoms with Crippen LogP contribution in [0.1, 0.15) is 19.8 Å². The Balaban J connectivity index is 2.66. The van der Waals surface area contributed by atoms with Crippen LogP contribution >= 0.6 is 11.8 Å². The van der Waals surface area contributed by atoms with Gasteiger partial charge in [-0.05, 0) is 31.3 Å². The van der Waals surface area contributed by atoms with Crippen LogP contribution in [-0.4, -0.2) is 36.2 Å². The summed E-state index contributed by atoms with van der Waals surface area (Å²) in [6, 6.07) is 0. The van der Waals surface area contributed by atoms with Crippen molar-refractivity contribution in [1.82, 2.24) is 5.32 Å². The fraction of sp³-hybridized carbons (Fsp3) is 0.727. The van der Waals surface area contributed by atoms with Crippen molar-refractivity contribution in [2.45, 2.75) is 25.3 Å². The number of carbonyl (C=O) groups is 1. The number of ether oxygens (including phenoxy) is 1. The molecule has 1 N–H and O–H groups in total. The number of thioether (sulfide) groups is 1. The molecule has 84 valence electrons. The van der Waals surface area contributed by atoms with E-state index in [9.17, 15) is 4.79 Å². The zero-order valence-corrected chi connectivity index (χ0v) is 9.86. The number of esters is 1. The third-order valence-corrected chi connectivity index (χ3v) is 3.53. The van der Waals surface area contributed by atoms with E-state index in [0.717, 1.165) is 24.3 Å². The van der Waals surface area contributed by atoms with Gasteiger partial charge in [0.2, 0.25) is 0 Å². The Labute approximate surface area is 95.3 Å². The first-order valence-electron chi connectivity index (χ1n) is 5.18. The van der Waals surface area contributed by atoms with Gasteiger partial charge in [0.25, 0.3) is 0 Å². The second kappa shape index (κ2) is 6.04. The van der Waals surface area contributed by atoms with Crippen LogP contribution in [0.5, 0.6) is 0 Å². The average molecular weight is 227 g/mol. The first-order chi connectivity index (χ1) is 7.25. The molecule has 4 heteroatoms. The molecule has 0 aromatic heterocycles. The zero-order valence-electron chi connectivity index (χ0n) is 9.04. The van der Waals surface area contributed by atoms with E-state index in [-0.39, 0.29) is 5.97 Å². The molecule has 1 heterocycles. The molecule has 1 rings (SSSR count). The molecule has 0 radical (unpaired) electrons. The molecule has 1 aliphatic heterocycles. The van der Waals surface area contributed by atoms with Crippen molar-refractivity contribution in [3.8, 4) is 12.3 Å². The predicted molar refractivity (Wildman–Crippen MR) is 62.8 cm³/mol. The van der Waals surface area contributed by atoms with Crippen molar-refractivity contribution in [2.24, 2.45) is 0 Å². The van der Waals surface area contributed by atoms with Gasteiger partial charge in [-0.3, -0.25) is 10.1 Å². The number of hydrogen-bond acceptors (Lipinski definition) is 4. The van der Waals surface area contributed by atoms with E-state index in [2.05, 4.69) is 11.2 Å². The predicted octanol–water partition coefficient (Wildman–Crippen LogP) is 1.04. The van der Waals surface area contributed by atoms with Gasteiger partial charge in [-0.25, -0.2) is 0 Å². The Kier molecular flexibility index (Phi) is 5.00. The normalized spacial score (nSPS) is 19.2. The summed E-state index contributed by atoms with van der Waals surface area (Å²) in [5.41, 5.74) is -0.534. The fourth-order valence-electron chi connectivity index (χ4n) is 1.66. The molecule has 1 fully saturated rings. The minimum atomic E-state index is -0.534. The molecule has 3 nitrogen and oxygen atoms in total. The highest BCUT2D eigenvalue weighted by Gasteiger charge is 2.40. The molecule has 1 aliphatic rings. The van der Waals surface area contributed by atoms with Gasteiger partial charge in [-0.15, -0.1) is 6.42 Å². The third-order valence-electron chi connectivity index (χ3n) is 2.54. The van der Waals surface area contributed by atoms with Crippen molar-refractivity contribution < 1.29 is 9.53 Å². The van der Waals surface area contributed by atoms with E-state index in [1.165, 1.54) is 0 Å². The van der Waals surface area contributed by atoms with E-state index in [0.29, 0.717) is 13.2 Å². The summed E-state index contributed by atoms with van der Waals surface area (Å²) < 4.78 is 5.10. The topological polar surface area (TPSA) is 38.3 Å². The number of hydrogen-bond donors (Lipinski definition) is 1. The minimum Gasteiger partial charge on any atom is -0.465 e. The van der Waals surface area contributed by atoms with Crippen LogP contribution in [0.3, 0.4) is 0 Å². The maximum Gasteiger partial charge on any atom is 0.326 e. The lowest BCUT2D eigenvalue weighted by molar-refractivity contribution is -0.151. The van der Waals surface area contributed by atoms with E-state index < -0.39 is 5.54 Å². The standard InChI is InChI=1S/C11H17NO2S/c1-3-7-12-11(10(13)14-4-2)5-8-15-9-6-11/h1,12H,4-9H2,2H3. The van der Waals surface area contributed by atoms with Gasteiger partial charge < -0.3 is 4.74 Å². The summed E-state index contributed by atoms with van der Waals surface area (Å²) in [7, 11) is 0. The van der Waals surface area contributed by atoms with Gasteiger partial charge in [0.15, 0.2) is 0 Å². The van der Waals surface area contributed by atoms with Crippen LogP contribution in [0, 0.1) is 12.3 Å². The maximum atomic E-state index is 11.9. The molecule has 0 unspecified atom stereocenters. The molecule has 0 spiro atoms. The van der Waals surface area contributed by atoms with Gasteiger partial charge in [-0.2, -0.15) is 11.8 Å². The lowest BCUT2D eigenvalue weighted by Gasteiger charge is -2.34. The van der Waals surface area contributed by atoms with Crippen LogP contribution in [0.2, 0.25) is 0 Å². The number of nitrogens with one attached hydrogen (secondary N) is 1. The van der Waals surface area contributed by atoms with Crippen LogP contribution in [0.4, 0.5) is 0 Å². The second-order valence-electron chi connectivity index (χ2n) is 3.47. The quantitative estimate of drug-likeness (QED) is 0.575. The van der Waals surface area contributed by atoms with Gasteiger partial charge in [-0.1, -0.05) is 5.92 Å². The van der Waals surface area contributed by atoms with Crippen LogP contribution in [-0.2, 0) is 9.53 Å². The maximum absolute atomic E-state index is 11.9. The summed E-state index contributed by atoms with van der Waals surface area (Å²) in [6.45, 7) is 2.67. The summed E-state index contributed by atoms with van der Waals surface area (Å²) >= 11 is 1.87. The molecule has 0 saturated carbocycles. The first-order valence-corrected chi connectivity index (χ1v) is 6.34. The molecule has 1 saturated heterocycles. The summed E-state index contributed by atoms with van der Waals surface area (Å²) in [5, 5.41) is 3.15. The minimum absolute atomic E-state index is 0.152. The summed E-state index contributed by atoms with van der Waals surface area (Å²) in [4.78, 5) is 11.9. The van der Waals surface area contributed by atoms with Gasteiger partial charge in [0.05, 0.1) is 13.2 Å². The molecule has 15 heavy (non-hydrogen) atoms. The van der Waals surface area contributed by atoms with Crippen molar-refractivity contribution >= 4 is 17.7 Å². The van der Waals surface area contributed by atoms with E-state index in [1.54, 1.807) is 0 Å². The van der Waals surface area contributed by atoms with Gasteiger partial charge in [0.1, 0.15) is 5.54 Å². The van der Waals surface area contributed by atoms with E-state index >= 15 is 0 Å². The molecular formula is C11H17NO2S. The van der Waals surface area contributed by atoms with Crippen molar-refractivity contribution in [1.29, 1.82) is 0 Å². The average Bonchev–Trinajstić information content (AvgIpc) is 2.28. The van der Waals surface area contributed by atoms with Crippen molar-refractivity contribution in [2.75, 3.05) is 24.7 Å². The highest BCUT2D eigenvalue weighted by Crippen LogP contribution is 2.28. The number of carbonyl (C=O) groups excluding carboxylic acids is 1. The van der Waals surface area contributed by atoms with Crippen molar-refractivity contribution in [3.05, 3.63) is 0 Å². The summed E-state index contributed by atoms with van der Waals surface area (Å²) in [6.07, 6.45) is 6.82. The lowest BCUT2D eigenvalue weighted by atomic mass is 9.92. The molecule has 0 aromatic rings. The highest BCUT2D eigenvalue weighted by atomic mass is 32.2. The molecule has 0 atom stereocenters. The molecule has 0 bridgehead atoms. The smallest absolute Gasteiger partial charge is 0.326 e. The second-order valence-corrected chi connectivity index (χ2v) is 4.70. The van der Waals surface area contributed by atoms with E-state index in [4.69, 9.17) is 11.2 Å². The number of terminal acetylenes is 1. The monoisotopic (exact) mass is 227 g/mol. The Hall–Kier alpha value is -0.660. The highest BCUT2D eigenvalue weighted by molar-refractivity contribution is 7.99. The molecular weight excluding hydrogens is 210 g/mol. The lowest BCUT2D eigenvalue weighted by Crippen LogP contribution is -2.55. The Morgan fingerprint density at radius 1 is 1.60 bits per heavy atom. The first kappa shape index (κ1) is 12.4. The van der Waals surface area contributed by atoms with Crippen LogP contribution < -0.4 is 5.32 Å². The Bertz CT molecular complexity index is 254. The Morgan fingerprint density at radius 3 is 2.80 bits per heavy atom. The molecule has 0 aromatic carbocycles. The zero-order chi connectivity index (χ0) is 11.1. The van der Waals surface area contributed by atoms with Gasteiger partial charge >= 0.3 is 5.97 Å². The Morgan fingerprint density at radius 2 is 2.27 bits per heavy atom.